The number of nitrogens with one attached hydrogen (secondary N) is 1. The van der Waals surface area contributed by atoms with Gasteiger partial charge in [0.2, 0.25) is 0 Å². The van der Waals surface area contributed by atoms with Crippen molar-refractivity contribution in [2.45, 2.75) is 58.9 Å². The first-order chi connectivity index (χ1) is 9.03. The van der Waals surface area contributed by atoms with E-state index in [1.807, 2.05) is 12.3 Å². The molecule has 1 saturated carbocycles. The van der Waals surface area contributed by atoms with E-state index in [9.17, 15) is 0 Å². The molecule has 3 heteroatoms. The first-order valence-corrected chi connectivity index (χ1v) is 8.19. The average Bonchev–Trinajstić information content (AvgIpc) is 2.42. The SMILES string of the molecule is CCC(C)(C)C1CCC(Nc2cccnc2Br)CC1. The van der Waals surface area contributed by atoms with Crippen molar-refractivity contribution in [1.82, 2.24) is 4.98 Å². The number of rotatable bonds is 4. The third kappa shape index (κ3) is 3.71. The van der Waals surface area contributed by atoms with Gasteiger partial charge in [-0.25, -0.2) is 4.98 Å². The van der Waals surface area contributed by atoms with Crippen LogP contribution in [0.3, 0.4) is 0 Å². The molecule has 2 nitrogen and oxygen atoms in total. The van der Waals surface area contributed by atoms with Crippen molar-refractivity contribution in [1.29, 1.82) is 0 Å². The third-order valence-corrected chi connectivity index (χ3v) is 5.49. The van der Waals surface area contributed by atoms with Gasteiger partial charge in [-0.15, -0.1) is 0 Å². The lowest BCUT2D eigenvalue weighted by molar-refractivity contribution is 0.147. The van der Waals surface area contributed by atoms with Gasteiger partial charge in [0.05, 0.1) is 5.69 Å². The van der Waals surface area contributed by atoms with Crippen molar-refractivity contribution < 1.29 is 0 Å². The number of aromatic nitrogens is 1. The summed E-state index contributed by atoms with van der Waals surface area (Å²) in [6.07, 6.45) is 8.33. The Bertz CT molecular complexity index is 409. The summed E-state index contributed by atoms with van der Waals surface area (Å²) < 4.78 is 0.922. The van der Waals surface area contributed by atoms with E-state index in [0.717, 1.165) is 16.2 Å². The van der Waals surface area contributed by atoms with Gasteiger partial charge in [-0.3, -0.25) is 0 Å². The van der Waals surface area contributed by atoms with Crippen molar-refractivity contribution in [3.8, 4) is 0 Å². The largest absolute Gasteiger partial charge is 0.380 e. The number of hydrogen-bond donors (Lipinski definition) is 1. The highest BCUT2D eigenvalue weighted by Gasteiger charge is 2.31. The number of nitrogens with zero attached hydrogens (tertiary/aromatic N) is 1. The molecule has 1 aromatic heterocycles. The van der Waals surface area contributed by atoms with Crippen molar-refractivity contribution >= 4 is 21.6 Å². The van der Waals surface area contributed by atoms with Crippen LogP contribution in [-0.2, 0) is 0 Å². The van der Waals surface area contributed by atoms with Gasteiger partial charge >= 0.3 is 0 Å². The summed E-state index contributed by atoms with van der Waals surface area (Å²) in [7, 11) is 0. The predicted octanol–water partition coefficient (Wildman–Crippen LogP) is 5.25. The molecule has 1 aromatic rings. The van der Waals surface area contributed by atoms with Crippen LogP contribution in [0.15, 0.2) is 22.9 Å². The number of anilines is 1. The average molecular weight is 325 g/mol. The molecule has 1 aliphatic rings. The van der Waals surface area contributed by atoms with E-state index in [4.69, 9.17) is 0 Å². The Balaban J connectivity index is 1.89. The Morgan fingerprint density at radius 2 is 2.00 bits per heavy atom. The lowest BCUT2D eigenvalue weighted by Crippen LogP contribution is -2.32. The first-order valence-electron chi connectivity index (χ1n) is 7.40. The molecule has 2 rings (SSSR count). The smallest absolute Gasteiger partial charge is 0.129 e. The van der Waals surface area contributed by atoms with Gasteiger partial charge in [0, 0.05) is 12.2 Å². The normalized spacial score (nSPS) is 24.2. The standard InChI is InChI=1S/C16H25BrN2/c1-4-16(2,3)12-7-9-13(10-8-12)19-14-6-5-11-18-15(14)17/h5-6,11-13,19H,4,7-10H2,1-3H3. The molecule has 0 saturated heterocycles. The van der Waals surface area contributed by atoms with E-state index < -0.39 is 0 Å². The quantitative estimate of drug-likeness (QED) is 0.765. The molecule has 0 bridgehead atoms. The van der Waals surface area contributed by atoms with Crippen LogP contribution in [-0.4, -0.2) is 11.0 Å². The van der Waals surface area contributed by atoms with Crippen LogP contribution in [0.2, 0.25) is 0 Å². The fraction of sp³-hybridized carbons (Fsp3) is 0.688. The summed E-state index contributed by atoms with van der Waals surface area (Å²) in [6, 6.07) is 4.68. The summed E-state index contributed by atoms with van der Waals surface area (Å²) in [6.45, 7) is 7.16. The van der Waals surface area contributed by atoms with E-state index >= 15 is 0 Å². The van der Waals surface area contributed by atoms with Gasteiger partial charge in [0.15, 0.2) is 0 Å². The molecule has 0 radical (unpaired) electrons. The van der Waals surface area contributed by atoms with Crippen molar-refractivity contribution in [2.75, 3.05) is 5.32 Å². The van der Waals surface area contributed by atoms with Gasteiger partial charge in [-0.05, 0) is 65.1 Å². The van der Waals surface area contributed by atoms with Crippen LogP contribution in [0.4, 0.5) is 5.69 Å². The monoisotopic (exact) mass is 324 g/mol. The maximum Gasteiger partial charge on any atom is 0.129 e. The van der Waals surface area contributed by atoms with E-state index in [0.29, 0.717) is 11.5 Å². The highest BCUT2D eigenvalue weighted by atomic mass is 79.9. The van der Waals surface area contributed by atoms with Crippen LogP contribution >= 0.6 is 15.9 Å². The van der Waals surface area contributed by atoms with Gasteiger partial charge < -0.3 is 5.32 Å². The molecular formula is C16H25BrN2. The lowest BCUT2D eigenvalue weighted by atomic mass is 9.69. The molecule has 0 aromatic carbocycles. The third-order valence-electron chi connectivity index (χ3n) is 4.86. The van der Waals surface area contributed by atoms with Crippen LogP contribution in [0.1, 0.15) is 52.9 Å². The Morgan fingerprint density at radius 1 is 1.32 bits per heavy atom. The van der Waals surface area contributed by atoms with Gasteiger partial charge in [-0.1, -0.05) is 27.2 Å². The second kappa shape index (κ2) is 6.25. The minimum absolute atomic E-state index is 0.500. The van der Waals surface area contributed by atoms with E-state index in [-0.39, 0.29) is 0 Å². The number of halogens is 1. The first kappa shape index (κ1) is 14.8. The topological polar surface area (TPSA) is 24.9 Å². The fourth-order valence-corrected chi connectivity index (χ4v) is 3.39. The molecule has 0 spiro atoms. The van der Waals surface area contributed by atoms with Crippen LogP contribution in [0.25, 0.3) is 0 Å². The number of hydrogen-bond acceptors (Lipinski definition) is 2. The summed E-state index contributed by atoms with van der Waals surface area (Å²) in [5.74, 6) is 0.882. The van der Waals surface area contributed by atoms with E-state index in [1.54, 1.807) is 0 Å². The Morgan fingerprint density at radius 3 is 2.58 bits per heavy atom. The second-order valence-corrected chi connectivity index (χ2v) is 7.13. The second-order valence-electron chi connectivity index (χ2n) is 6.38. The fourth-order valence-electron chi connectivity index (χ4n) is 3.02. The molecule has 0 amide bonds. The van der Waals surface area contributed by atoms with Crippen LogP contribution in [0.5, 0.6) is 0 Å². The highest BCUT2D eigenvalue weighted by Crippen LogP contribution is 2.41. The van der Waals surface area contributed by atoms with E-state index in [1.165, 1.54) is 32.1 Å². The zero-order chi connectivity index (χ0) is 13.9. The molecule has 1 fully saturated rings. The molecule has 1 heterocycles. The minimum atomic E-state index is 0.500. The van der Waals surface area contributed by atoms with E-state index in [2.05, 4.69) is 53.1 Å². The Kier molecular flexibility index (Phi) is 4.88. The molecule has 1 aliphatic carbocycles. The maximum absolute atomic E-state index is 4.27. The highest BCUT2D eigenvalue weighted by molar-refractivity contribution is 9.10. The molecular weight excluding hydrogens is 300 g/mol. The zero-order valence-electron chi connectivity index (χ0n) is 12.2. The molecule has 19 heavy (non-hydrogen) atoms. The van der Waals surface area contributed by atoms with Crippen molar-refractivity contribution in [2.24, 2.45) is 11.3 Å². The molecule has 106 valence electrons. The minimum Gasteiger partial charge on any atom is -0.380 e. The summed E-state index contributed by atoms with van der Waals surface area (Å²) in [5, 5.41) is 3.63. The van der Waals surface area contributed by atoms with Crippen molar-refractivity contribution in [3.63, 3.8) is 0 Å². The Hall–Kier alpha value is -0.570. The van der Waals surface area contributed by atoms with Crippen LogP contribution < -0.4 is 5.32 Å². The molecule has 0 aliphatic heterocycles. The summed E-state index contributed by atoms with van der Waals surface area (Å²) >= 11 is 3.50. The Labute approximate surface area is 125 Å². The zero-order valence-corrected chi connectivity index (χ0v) is 13.8. The summed E-state index contributed by atoms with van der Waals surface area (Å²) in [4.78, 5) is 4.27. The van der Waals surface area contributed by atoms with Crippen LogP contribution in [0, 0.1) is 11.3 Å². The number of pyridine rings is 1. The lowest BCUT2D eigenvalue weighted by Gasteiger charge is -2.39. The molecule has 0 atom stereocenters. The molecule has 1 N–H and O–H groups in total. The van der Waals surface area contributed by atoms with Gasteiger partial charge in [0.25, 0.3) is 0 Å². The maximum atomic E-state index is 4.27. The van der Waals surface area contributed by atoms with Crippen molar-refractivity contribution in [3.05, 3.63) is 22.9 Å². The van der Waals surface area contributed by atoms with Gasteiger partial charge in [-0.2, -0.15) is 0 Å². The molecule has 0 unspecified atom stereocenters. The van der Waals surface area contributed by atoms with Gasteiger partial charge in [0.1, 0.15) is 4.60 Å². The summed E-state index contributed by atoms with van der Waals surface area (Å²) in [5.41, 5.74) is 1.63. The predicted molar refractivity (Wildman–Crippen MR) is 85.4 cm³/mol.